The average molecular weight is 285 g/mol. The molecule has 0 saturated carbocycles. The van der Waals surface area contributed by atoms with Crippen LogP contribution in [0.1, 0.15) is 26.9 Å². The van der Waals surface area contributed by atoms with Crippen LogP contribution < -0.4 is 0 Å². The number of alkyl halides is 1. The number of thiophene rings is 1. The zero-order chi connectivity index (χ0) is 12.4. The Morgan fingerprint density at radius 3 is 2.59 bits per heavy atom. The zero-order valence-corrected chi connectivity index (χ0v) is 12.2. The Morgan fingerprint density at radius 1 is 1.18 bits per heavy atom. The molecule has 0 spiro atoms. The van der Waals surface area contributed by atoms with Crippen LogP contribution >= 0.6 is 34.5 Å². The third-order valence-corrected chi connectivity index (χ3v) is 4.67. The fourth-order valence-electron chi connectivity index (χ4n) is 1.81. The highest BCUT2D eigenvalue weighted by Crippen LogP contribution is 2.33. The SMILES string of the molecule is Cc1ccc(C)c(CC(Cl)c2ccc(Cl)s2)c1. The Morgan fingerprint density at radius 2 is 1.94 bits per heavy atom. The van der Waals surface area contributed by atoms with Crippen LogP contribution in [0.25, 0.3) is 0 Å². The number of rotatable bonds is 3. The molecule has 1 aromatic heterocycles. The van der Waals surface area contributed by atoms with Crippen LogP contribution in [0.3, 0.4) is 0 Å². The van der Waals surface area contributed by atoms with Crippen LogP contribution in [0.5, 0.6) is 0 Å². The lowest BCUT2D eigenvalue weighted by Crippen LogP contribution is -1.96. The largest absolute Gasteiger partial charge is 0.127 e. The van der Waals surface area contributed by atoms with Crippen molar-refractivity contribution in [3.8, 4) is 0 Å². The van der Waals surface area contributed by atoms with Crippen LogP contribution in [0.2, 0.25) is 4.34 Å². The Labute approximate surface area is 116 Å². The van der Waals surface area contributed by atoms with E-state index < -0.39 is 0 Å². The standard InChI is InChI=1S/C14H14Cl2S/c1-9-3-4-10(2)11(7-9)8-12(15)13-5-6-14(16)17-13/h3-7,12H,8H2,1-2H3. The van der Waals surface area contributed by atoms with Gasteiger partial charge in [0.1, 0.15) is 0 Å². The molecule has 0 nitrogen and oxygen atoms in total. The molecule has 1 unspecified atom stereocenters. The molecule has 0 saturated heterocycles. The molecule has 0 bridgehead atoms. The Balaban J connectivity index is 2.18. The van der Waals surface area contributed by atoms with Gasteiger partial charge in [-0.25, -0.2) is 0 Å². The van der Waals surface area contributed by atoms with E-state index in [-0.39, 0.29) is 5.38 Å². The maximum atomic E-state index is 6.43. The van der Waals surface area contributed by atoms with Gasteiger partial charge in [-0.05, 0) is 43.5 Å². The third kappa shape index (κ3) is 3.25. The van der Waals surface area contributed by atoms with Gasteiger partial charge in [-0.15, -0.1) is 22.9 Å². The first kappa shape index (κ1) is 12.9. The Kier molecular flexibility index (Phi) is 4.13. The molecule has 1 atom stereocenters. The smallest absolute Gasteiger partial charge is 0.0931 e. The van der Waals surface area contributed by atoms with E-state index >= 15 is 0 Å². The van der Waals surface area contributed by atoms with E-state index in [0.717, 1.165) is 15.6 Å². The molecule has 0 N–H and O–H groups in total. The van der Waals surface area contributed by atoms with Gasteiger partial charge in [0, 0.05) is 4.88 Å². The topological polar surface area (TPSA) is 0 Å². The van der Waals surface area contributed by atoms with Crippen LogP contribution in [-0.4, -0.2) is 0 Å². The van der Waals surface area contributed by atoms with Crippen LogP contribution in [0.4, 0.5) is 0 Å². The van der Waals surface area contributed by atoms with Gasteiger partial charge in [-0.3, -0.25) is 0 Å². The first-order valence-electron chi connectivity index (χ1n) is 5.51. The second kappa shape index (κ2) is 5.43. The summed E-state index contributed by atoms with van der Waals surface area (Å²) in [5.74, 6) is 0. The summed E-state index contributed by atoms with van der Waals surface area (Å²) >= 11 is 13.9. The Bertz CT molecular complexity index is 517. The molecule has 0 aliphatic heterocycles. The van der Waals surface area contributed by atoms with E-state index in [1.807, 2.05) is 12.1 Å². The van der Waals surface area contributed by atoms with Gasteiger partial charge >= 0.3 is 0 Å². The average Bonchev–Trinajstić information content (AvgIpc) is 2.70. The third-order valence-electron chi connectivity index (χ3n) is 2.81. The number of aryl methyl sites for hydroxylation is 2. The van der Waals surface area contributed by atoms with Gasteiger partial charge < -0.3 is 0 Å². The summed E-state index contributed by atoms with van der Waals surface area (Å²) in [5.41, 5.74) is 3.89. The van der Waals surface area contributed by atoms with Crippen LogP contribution in [-0.2, 0) is 6.42 Å². The monoisotopic (exact) mass is 284 g/mol. The summed E-state index contributed by atoms with van der Waals surface area (Å²) in [5, 5.41) is 0.00741. The normalized spacial score (nSPS) is 12.7. The van der Waals surface area contributed by atoms with E-state index in [0.29, 0.717) is 0 Å². The fraction of sp³-hybridized carbons (Fsp3) is 0.286. The van der Waals surface area contributed by atoms with Crippen LogP contribution in [0.15, 0.2) is 30.3 Å². The minimum Gasteiger partial charge on any atom is -0.127 e. The highest BCUT2D eigenvalue weighted by Gasteiger charge is 2.12. The second-order valence-electron chi connectivity index (χ2n) is 4.24. The second-order valence-corrected chi connectivity index (χ2v) is 6.52. The van der Waals surface area contributed by atoms with Crippen molar-refractivity contribution in [1.82, 2.24) is 0 Å². The predicted molar refractivity (Wildman–Crippen MR) is 77.5 cm³/mol. The quantitative estimate of drug-likeness (QED) is 0.649. The van der Waals surface area contributed by atoms with E-state index in [1.54, 1.807) is 11.3 Å². The van der Waals surface area contributed by atoms with Crippen molar-refractivity contribution in [2.24, 2.45) is 0 Å². The van der Waals surface area contributed by atoms with Gasteiger partial charge in [-0.2, -0.15) is 0 Å². The molecule has 0 aliphatic carbocycles. The van der Waals surface area contributed by atoms with Gasteiger partial charge in [0.15, 0.2) is 0 Å². The molecule has 2 aromatic rings. The van der Waals surface area contributed by atoms with Crippen molar-refractivity contribution >= 4 is 34.5 Å². The highest BCUT2D eigenvalue weighted by atomic mass is 35.5. The zero-order valence-electron chi connectivity index (χ0n) is 9.84. The minimum absolute atomic E-state index is 0.00741. The van der Waals surface area contributed by atoms with E-state index in [2.05, 4.69) is 32.0 Å². The number of hydrogen-bond donors (Lipinski definition) is 0. The minimum atomic E-state index is 0.00741. The van der Waals surface area contributed by atoms with Crippen molar-refractivity contribution in [3.05, 3.63) is 56.2 Å². The molecule has 17 heavy (non-hydrogen) atoms. The Hall–Kier alpha value is -0.500. The number of hydrogen-bond acceptors (Lipinski definition) is 1. The molecular formula is C14H14Cl2S. The van der Waals surface area contributed by atoms with Crippen molar-refractivity contribution in [1.29, 1.82) is 0 Å². The van der Waals surface area contributed by atoms with E-state index in [4.69, 9.17) is 23.2 Å². The summed E-state index contributed by atoms with van der Waals surface area (Å²) in [6.07, 6.45) is 0.853. The van der Waals surface area contributed by atoms with Gasteiger partial charge in [-0.1, -0.05) is 35.4 Å². The lowest BCUT2D eigenvalue weighted by Gasteiger charge is -2.11. The maximum absolute atomic E-state index is 6.43. The van der Waals surface area contributed by atoms with Crippen molar-refractivity contribution in [2.75, 3.05) is 0 Å². The van der Waals surface area contributed by atoms with Crippen LogP contribution in [0, 0.1) is 13.8 Å². The molecule has 0 fully saturated rings. The molecule has 0 amide bonds. The molecule has 0 radical (unpaired) electrons. The highest BCUT2D eigenvalue weighted by molar-refractivity contribution is 7.16. The lowest BCUT2D eigenvalue weighted by molar-refractivity contribution is 0.927. The molecule has 3 heteroatoms. The molecule has 90 valence electrons. The maximum Gasteiger partial charge on any atom is 0.0931 e. The lowest BCUT2D eigenvalue weighted by atomic mass is 10.0. The summed E-state index contributed by atoms with van der Waals surface area (Å²) < 4.78 is 0.798. The molecule has 1 heterocycles. The van der Waals surface area contributed by atoms with Crippen molar-refractivity contribution in [2.45, 2.75) is 25.6 Å². The van der Waals surface area contributed by atoms with E-state index in [9.17, 15) is 0 Å². The van der Waals surface area contributed by atoms with Crippen molar-refractivity contribution in [3.63, 3.8) is 0 Å². The summed E-state index contributed by atoms with van der Waals surface area (Å²) in [4.78, 5) is 1.14. The molecule has 1 aromatic carbocycles. The summed E-state index contributed by atoms with van der Waals surface area (Å²) in [6, 6.07) is 10.4. The van der Waals surface area contributed by atoms with Gasteiger partial charge in [0.25, 0.3) is 0 Å². The van der Waals surface area contributed by atoms with E-state index in [1.165, 1.54) is 16.7 Å². The molecular weight excluding hydrogens is 271 g/mol. The summed E-state index contributed by atoms with van der Waals surface area (Å²) in [6.45, 7) is 4.23. The first-order valence-corrected chi connectivity index (χ1v) is 7.15. The fourth-order valence-corrected chi connectivity index (χ4v) is 3.22. The van der Waals surface area contributed by atoms with Gasteiger partial charge in [0.05, 0.1) is 9.71 Å². The predicted octanol–water partition coefficient (Wildman–Crippen LogP) is 5.54. The molecule has 0 aliphatic rings. The number of halogens is 2. The first-order chi connectivity index (χ1) is 8.06. The van der Waals surface area contributed by atoms with Gasteiger partial charge in [0.2, 0.25) is 0 Å². The summed E-state index contributed by atoms with van der Waals surface area (Å²) in [7, 11) is 0. The van der Waals surface area contributed by atoms with Crippen molar-refractivity contribution < 1.29 is 0 Å². The number of benzene rings is 1. The molecule has 2 rings (SSSR count).